The molecule has 0 fully saturated rings. The lowest BCUT2D eigenvalue weighted by molar-refractivity contribution is -0.139. The molecule has 0 radical (unpaired) electrons. The van der Waals surface area contributed by atoms with Gasteiger partial charge in [-0.15, -0.1) is 0 Å². The summed E-state index contributed by atoms with van der Waals surface area (Å²) >= 11 is 0. The van der Waals surface area contributed by atoms with E-state index >= 15 is 0 Å². The number of fused-ring (bicyclic) bond motifs is 3. The minimum absolute atomic E-state index is 0.0850. The molecular formula is C45H44O2. The molecule has 0 saturated heterocycles. The highest BCUT2D eigenvalue weighted by atomic mass is 16.5. The van der Waals surface area contributed by atoms with Crippen LogP contribution in [0, 0.1) is 0 Å². The Kier molecular flexibility index (Phi) is 7.59. The number of hydrogen-bond donors (Lipinski definition) is 0. The normalized spacial score (nSPS) is 15.7. The van der Waals surface area contributed by atoms with Gasteiger partial charge in [-0.1, -0.05) is 131 Å². The average Bonchev–Trinajstić information content (AvgIpc) is 3.35. The number of esters is 1. The van der Waals surface area contributed by atoms with Crippen molar-refractivity contribution in [2.45, 2.75) is 71.1 Å². The van der Waals surface area contributed by atoms with Crippen molar-refractivity contribution in [2.75, 3.05) is 6.61 Å². The van der Waals surface area contributed by atoms with Crippen LogP contribution in [0.1, 0.15) is 77.0 Å². The van der Waals surface area contributed by atoms with Gasteiger partial charge in [-0.2, -0.15) is 0 Å². The summed E-state index contributed by atoms with van der Waals surface area (Å²) in [5.41, 5.74) is 10.6. The Balaban J connectivity index is 1.36. The molecule has 1 atom stereocenters. The maximum absolute atomic E-state index is 12.0. The summed E-state index contributed by atoms with van der Waals surface area (Å²) in [5, 5.41) is 7.87. The van der Waals surface area contributed by atoms with Crippen LogP contribution in [0.15, 0.2) is 115 Å². The third-order valence-electron chi connectivity index (χ3n) is 10.5. The molecule has 1 aliphatic rings. The Bertz CT molecular complexity index is 2190. The van der Waals surface area contributed by atoms with Crippen LogP contribution in [0.5, 0.6) is 0 Å². The Morgan fingerprint density at radius 2 is 1.40 bits per heavy atom. The fourth-order valence-electron chi connectivity index (χ4n) is 7.95. The fraction of sp³-hybridized carbons (Fsp3) is 0.267. The number of carbonyl (C=O) groups is 1. The van der Waals surface area contributed by atoms with Crippen LogP contribution in [0.25, 0.3) is 54.6 Å². The second kappa shape index (κ2) is 11.5. The summed E-state index contributed by atoms with van der Waals surface area (Å²) in [6.45, 7) is 19.6. The molecule has 2 nitrogen and oxygen atoms in total. The first-order chi connectivity index (χ1) is 22.5. The van der Waals surface area contributed by atoms with Gasteiger partial charge in [-0.05, 0) is 115 Å². The quantitative estimate of drug-likeness (QED) is 0.0531. The predicted molar refractivity (Wildman–Crippen MR) is 200 cm³/mol. The molecule has 6 aromatic carbocycles. The molecule has 47 heavy (non-hydrogen) atoms. The summed E-state index contributed by atoms with van der Waals surface area (Å²) in [6, 6.07) is 34.5. The van der Waals surface area contributed by atoms with E-state index in [2.05, 4.69) is 125 Å². The van der Waals surface area contributed by atoms with Crippen molar-refractivity contribution in [3.05, 3.63) is 132 Å². The fourth-order valence-corrected chi connectivity index (χ4v) is 7.95. The number of allylic oxidation sites excluding steroid dienone is 1. The molecule has 0 bridgehead atoms. The van der Waals surface area contributed by atoms with Crippen LogP contribution in [0.2, 0.25) is 0 Å². The molecule has 0 aliphatic heterocycles. The lowest BCUT2D eigenvalue weighted by Gasteiger charge is -2.35. The van der Waals surface area contributed by atoms with E-state index in [9.17, 15) is 4.79 Å². The topological polar surface area (TPSA) is 26.3 Å². The van der Waals surface area contributed by atoms with E-state index in [1.807, 2.05) is 0 Å². The molecule has 0 spiro atoms. The highest BCUT2D eigenvalue weighted by Crippen LogP contribution is 2.56. The summed E-state index contributed by atoms with van der Waals surface area (Å²) in [7, 11) is 0. The number of hydrogen-bond acceptors (Lipinski definition) is 2. The van der Waals surface area contributed by atoms with Crippen LogP contribution in [0.4, 0.5) is 0 Å². The zero-order valence-corrected chi connectivity index (χ0v) is 28.4. The van der Waals surface area contributed by atoms with Gasteiger partial charge in [0, 0.05) is 11.0 Å². The van der Waals surface area contributed by atoms with Crippen molar-refractivity contribution in [3.63, 3.8) is 0 Å². The number of rotatable bonds is 9. The number of benzene rings is 6. The lowest BCUT2D eigenvalue weighted by Crippen LogP contribution is -2.27. The van der Waals surface area contributed by atoms with Crippen molar-refractivity contribution in [1.29, 1.82) is 0 Å². The predicted octanol–water partition coefficient (Wildman–Crippen LogP) is 12.1. The average molecular weight is 617 g/mol. The first kappa shape index (κ1) is 30.9. The Morgan fingerprint density at radius 3 is 2.13 bits per heavy atom. The van der Waals surface area contributed by atoms with Crippen molar-refractivity contribution < 1.29 is 9.53 Å². The van der Waals surface area contributed by atoms with Crippen molar-refractivity contribution >= 4 is 38.3 Å². The van der Waals surface area contributed by atoms with Crippen LogP contribution < -0.4 is 0 Å². The highest BCUT2D eigenvalue weighted by Gasteiger charge is 2.44. The third kappa shape index (κ3) is 4.97. The third-order valence-corrected chi connectivity index (χ3v) is 10.5. The molecule has 0 aromatic heterocycles. The van der Waals surface area contributed by atoms with Crippen molar-refractivity contribution in [1.82, 2.24) is 0 Å². The second-order valence-corrected chi connectivity index (χ2v) is 14.5. The van der Waals surface area contributed by atoms with Crippen LogP contribution in [0.3, 0.4) is 0 Å². The minimum Gasteiger partial charge on any atom is -0.462 e. The summed E-state index contributed by atoms with van der Waals surface area (Å²) < 4.78 is 5.46. The first-order valence-electron chi connectivity index (χ1n) is 17.0. The van der Waals surface area contributed by atoms with Gasteiger partial charge in [0.05, 0.1) is 6.61 Å². The zero-order valence-electron chi connectivity index (χ0n) is 28.4. The number of carbonyl (C=O) groups excluding carboxylic acids is 1. The molecule has 7 rings (SSSR count). The van der Waals surface area contributed by atoms with E-state index in [0.29, 0.717) is 12.2 Å². The van der Waals surface area contributed by atoms with E-state index in [4.69, 9.17) is 11.3 Å². The van der Waals surface area contributed by atoms with E-state index in [1.165, 1.54) is 76.8 Å². The smallest absolute Gasteiger partial charge is 0.333 e. The second-order valence-electron chi connectivity index (χ2n) is 14.5. The molecule has 0 amide bonds. The van der Waals surface area contributed by atoms with Crippen LogP contribution >= 0.6 is 0 Å². The maximum Gasteiger partial charge on any atom is 0.333 e. The Labute approximate surface area is 279 Å². The van der Waals surface area contributed by atoms with Gasteiger partial charge in [0.1, 0.15) is 0 Å². The molecule has 0 saturated carbocycles. The Morgan fingerprint density at radius 1 is 0.745 bits per heavy atom. The van der Waals surface area contributed by atoms with Gasteiger partial charge in [-0.3, -0.25) is 0 Å². The Hall–Kier alpha value is -4.69. The first-order valence-corrected chi connectivity index (χ1v) is 17.0. The lowest BCUT2D eigenvalue weighted by atomic mass is 9.68. The number of ether oxygens (including phenoxy) is 1. The maximum atomic E-state index is 12.0. The van der Waals surface area contributed by atoms with Gasteiger partial charge >= 0.3 is 5.97 Å². The largest absolute Gasteiger partial charge is 0.462 e. The van der Waals surface area contributed by atoms with E-state index < -0.39 is 0 Å². The van der Waals surface area contributed by atoms with Crippen LogP contribution in [-0.4, -0.2) is 12.6 Å². The standard InChI is InChI=1S/C45H44O2/c1-8-29(4)45(23-11-12-24-47-43(46)28(2)3)39-14-10-9-13-36(39)37-21-18-31(27-40(37)45)35-20-17-30-15-16-32-25-34(44(5,6)7)26-33-19-22-38(35)42(30)41(32)33/h9-10,13-22,25-27H,2,4,8,11-12,23-24H2,1,3,5-7H3. The van der Waals surface area contributed by atoms with E-state index in [-0.39, 0.29) is 16.8 Å². The van der Waals surface area contributed by atoms with Gasteiger partial charge < -0.3 is 4.74 Å². The zero-order chi connectivity index (χ0) is 33.1. The molecule has 6 aromatic rings. The summed E-state index contributed by atoms with van der Waals surface area (Å²) in [4.78, 5) is 12.0. The monoisotopic (exact) mass is 616 g/mol. The molecule has 0 N–H and O–H groups in total. The molecule has 236 valence electrons. The van der Waals surface area contributed by atoms with Crippen molar-refractivity contribution in [3.8, 4) is 22.3 Å². The molecule has 2 heteroatoms. The molecule has 1 aliphatic carbocycles. The molecule has 0 heterocycles. The van der Waals surface area contributed by atoms with E-state index in [1.54, 1.807) is 6.92 Å². The summed E-state index contributed by atoms with van der Waals surface area (Å²) in [5.74, 6) is -0.318. The summed E-state index contributed by atoms with van der Waals surface area (Å²) in [6.07, 6.45) is 3.50. The van der Waals surface area contributed by atoms with Gasteiger partial charge in [0.15, 0.2) is 0 Å². The van der Waals surface area contributed by atoms with Crippen LogP contribution in [-0.2, 0) is 20.4 Å². The van der Waals surface area contributed by atoms with Crippen molar-refractivity contribution in [2.24, 2.45) is 0 Å². The highest BCUT2D eigenvalue weighted by molar-refractivity contribution is 6.25. The van der Waals surface area contributed by atoms with E-state index in [0.717, 1.165) is 25.7 Å². The van der Waals surface area contributed by atoms with Gasteiger partial charge in [0.2, 0.25) is 0 Å². The minimum atomic E-state index is -0.318. The van der Waals surface area contributed by atoms with Gasteiger partial charge in [-0.25, -0.2) is 4.79 Å². The molecule has 1 unspecified atom stereocenters. The molecular weight excluding hydrogens is 572 g/mol. The number of unbranched alkanes of at least 4 members (excludes halogenated alkanes) is 1. The van der Waals surface area contributed by atoms with Gasteiger partial charge in [0.25, 0.3) is 0 Å². The SMILES string of the molecule is C=C(C)C(=O)OCCCCC1(C(=C)CC)c2ccccc2-c2ccc(-c3ccc4ccc5cc(C(C)(C)C)cc6ccc3c4c56)cc21.